The van der Waals surface area contributed by atoms with Gasteiger partial charge in [0.25, 0.3) is 5.91 Å². The van der Waals surface area contributed by atoms with Crippen LogP contribution in [0.25, 0.3) is 0 Å². The maximum Gasteiger partial charge on any atom is 0.330 e. The number of amides is 1. The van der Waals surface area contributed by atoms with Crippen molar-refractivity contribution in [3.63, 3.8) is 0 Å². The first-order chi connectivity index (χ1) is 11.0. The summed E-state index contributed by atoms with van der Waals surface area (Å²) < 4.78 is 1.59. The lowest BCUT2D eigenvalue weighted by atomic mass is 10.1. The molecule has 23 heavy (non-hydrogen) atoms. The van der Waals surface area contributed by atoms with Crippen LogP contribution in [0.2, 0.25) is 0 Å². The van der Waals surface area contributed by atoms with Crippen molar-refractivity contribution in [2.24, 2.45) is 5.92 Å². The smallest absolute Gasteiger partial charge is 0.330 e. The van der Waals surface area contributed by atoms with Crippen molar-refractivity contribution >= 4 is 11.9 Å². The van der Waals surface area contributed by atoms with E-state index in [4.69, 9.17) is 0 Å². The van der Waals surface area contributed by atoms with E-state index in [1.165, 1.54) is 6.20 Å². The minimum absolute atomic E-state index is 0.107. The van der Waals surface area contributed by atoms with Crippen LogP contribution >= 0.6 is 0 Å². The van der Waals surface area contributed by atoms with Gasteiger partial charge in [-0.2, -0.15) is 0 Å². The third kappa shape index (κ3) is 4.64. The van der Waals surface area contributed by atoms with Gasteiger partial charge >= 0.3 is 5.97 Å². The van der Waals surface area contributed by atoms with Gasteiger partial charge in [-0.1, -0.05) is 49.4 Å². The number of nitrogens with one attached hydrogen (secondary N) is 1. The second-order valence-corrected chi connectivity index (χ2v) is 5.70. The number of aryl methyl sites for hydroxylation is 1. The zero-order valence-corrected chi connectivity index (χ0v) is 13.1. The predicted octanol–water partition coefficient (Wildman–Crippen LogP) is 1.88. The van der Waals surface area contributed by atoms with E-state index in [0.29, 0.717) is 18.0 Å². The molecule has 1 atom stereocenters. The minimum atomic E-state index is -1.13. The molecule has 0 aliphatic rings. The van der Waals surface area contributed by atoms with Crippen LogP contribution in [0.1, 0.15) is 42.4 Å². The molecule has 2 aromatic rings. The molecule has 7 heteroatoms. The van der Waals surface area contributed by atoms with Gasteiger partial charge in [-0.25, -0.2) is 4.79 Å². The summed E-state index contributed by atoms with van der Waals surface area (Å²) in [5.74, 6) is -1.17. The number of carbonyl (C=O) groups excluding carboxylic acids is 1. The molecule has 2 N–H and O–H groups in total. The maximum atomic E-state index is 12.2. The summed E-state index contributed by atoms with van der Waals surface area (Å²) in [5, 5.41) is 19.5. The number of aliphatic carboxylic acids is 1. The molecule has 1 aromatic heterocycles. The minimum Gasteiger partial charge on any atom is -0.479 e. The lowest BCUT2D eigenvalue weighted by Crippen LogP contribution is -2.33. The summed E-state index contributed by atoms with van der Waals surface area (Å²) in [4.78, 5) is 23.6. The summed E-state index contributed by atoms with van der Waals surface area (Å²) in [7, 11) is 0. The SMILES string of the molecule is CC(C)CCn1cc(C(=O)N[C@H](C(=O)O)c2ccccc2)nn1. The Kier molecular flexibility index (Phi) is 5.46. The van der Waals surface area contributed by atoms with Crippen molar-refractivity contribution in [2.75, 3.05) is 0 Å². The maximum absolute atomic E-state index is 12.2. The summed E-state index contributed by atoms with van der Waals surface area (Å²) in [6, 6.07) is 7.41. The summed E-state index contributed by atoms with van der Waals surface area (Å²) >= 11 is 0. The Morgan fingerprint density at radius 1 is 1.26 bits per heavy atom. The Morgan fingerprint density at radius 3 is 2.57 bits per heavy atom. The Bertz CT molecular complexity index is 667. The van der Waals surface area contributed by atoms with E-state index in [9.17, 15) is 14.7 Å². The Balaban J connectivity index is 2.06. The van der Waals surface area contributed by atoms with Gasteiger partial charge in [-0.3, -0.25) is 9.48 Å². The molecular formula is C16H20N4O3. The van der Waals surface area contributed by atoms with Gasteiger partial charge in [-0.05, 0) is 17.9 Å². The Morgan fingerprint density at radius 2 is 1.96 bits per heavy atom. The van der Waals surface area contributed by atoms with Gasteiger partial charge in [0.15, 0.2) is 11.7 Å². The van der Waals surface area contributed by atoms with E-state index in [0.717, 1.165) is 6.42 Å². The number of carbonyl (C=O) groups is 2. The summed E-state index contributed by atoms with van der Waals surface area (Å²) in [6.07, 6.45) is 2.45. The molecule has 1 amide bonds. The highest BCUT2D eigenvalue weighted by atomic mass is 16.4. The van der Waals surface area contributed by atoms with Gasteiger partial charge in [0.2, 0.25) is 0 Å². The molecule has 7 nitrogen and oxygen atoms in total. The number of rotatable bonds is 7. The van der Waals surface area contributed by atoms with E-state index in [1.54, 1.807) is 35.0 Å². The molecule has 0 radical (unpaired) electrons. The van der Waals surface area contributed by atoms with Crippen molar-refractivity contribution in [3.8, 4) is 0 Å². The first-order valence-electron chi connectivity index (χ1n) is 7.46. The lowest BCUT2D eigenvalue weighted by Gasteiger charge is -2.13. The zero-order chi connectivity index (χ0) is 16.8. The van der Waals surface area contributed by atoms with E-state index >= 15 is 0 Å². The van der Waals surface area contributed by atoms with Crippen LogP contribution in [0, 0.1) is 5.92 Å². The van der Waals surface area contributed by atoms with Gasteiger partial charge in [0.1, 0.15) is 0 Å². The topological polar surface area (TPSA) is 97.1 Å². The van der Waals surface area contributed by atoms with Crippen LogP contribution in [0.3, 0.4) is 0 Å². The van der Waals surface area contributed by atoms with Crippen LogP contribution in [-0.2, 0) is 11.3 Å². The third-order valence-electron chi connectivity index (χ3n) is 3.36. The second-order valence-electron chi connectivity index (χ2n) is 5.70. The van der Waals surface area contributed by atoms with Crippen molar-refractivity contribution in [1.82, 2.24) is 20.3 Å². The van der Waals surface area contributed by atoms with Crippen molar-refractivity contribution in [3.05, 3.63) is 47.8 Å². The molecule has 0 bridgehead atoms. The largest absolute Gasteiger partial charge is 0.479 e. The number of carboxylic acid groups (broad SMARTS) is 1. The highest BCUT2D eigenvalue weighted by Gasteiger charge is 2.23. The number of aromatic nitrogens is 3. The van der Waals surface area contributed by atoms with Crippen LogP contribution < -0.4 is 5.32 Å². The van der Waals surface area contributed by atoms with Gasteiger partial charge < -0.3 is 10.4 Å². The zero-order valence-electron chi connectivity index (χ0n) is 13.1. The third-order valence-corrected chi connectivity index (χ3v) is 3.36. The molecule has 0 aliphatic heterocycles. The predicted molar refractivity (Wildman–Crippen MR) is 83.8 cm³/mol. The number of benzene rings is 1. The summed E-state index contributed by atoms with van der Waals surface area (Å²) in [5.41, 5.74) is 0.608. The molecule has 0 fully saturated rings. The van der Waals surface area contributed by atoms with Crippen LogP contribution in [0.5, 0.6) is 0 Å². The van der Waals surface area contributed by atoms with Gasteiger partial charge in [-0.15, -0.1) is 5.10 Å². The fourth-order valence-corrected chi connectivity index (χ4v) is 2.04. The standard InChI is InChI=1S/C16H20N4O3/c1-11(2)8-9-20-10-13(18-19-20)15(21)17-14(16(22)23)12-6-4-3-5-7-12/h3-7,10-11,14H,8-9H2,1-2H3,(H,17,21)(H,22,23)/t14-/m0/s1. The number of nitrogens with zero attached hydrogens (tertiary/aromatic N) is 3. The number of carboxylic acids is 1. The van der Waals surface area contributed by atoms with Crippen LogP contribution in [0.15, 0.2) is 36.5 Å². The first-order valence-corrected chi connectivity index (χ1v) is 7.46. The van der Waals surface area contributed by atoms with Crippen LogP contribution in [0.4, 0.5) is 0 Å². The molecule has 2 rings (SSSR count). The summed E-state index contributed by atoms with van der Waals surface area (Å²) in [6.45, 7) is 4.86. The fourth-order valence-electron chi connectivity index (χ4n) is 2.04. The fraction of sp³-hybridized carbons (Fsp3) is 0.375. The molecule has 122 valence electrons. The van der Waals surface area contributed by atoms with Gasteiger partial charge in [0.05, 0.1) is 6.20 Å². The number of hydrogen-bond donors (Lipinski definition) is 2. The molecule has 0 unspecified atom stereocenters. The normalized spacial score (nSPS) is 12.1. The lowest BCUT2D eigenvalue weighted by molar-refractivity contribution is -0.139. The average Bonchev–Trinajstić information content (AvgIpc) is 3.00. The molecule has 1 aromatic carbocycles. The monoisotopic (exact) mass is 316 g/mol. The molecule has 0 aliphatic carbocycles. The Labute approximate surface area is 134 Å². The van der Waals surface area contributed by atoms with E-state index in [1.807, 2.05) is 0 Å². The van der Waals surface area contributed by atoms with Crippen molar-refractivity contribution in [1.29, 1.82) is 0 Å². The van der Waals surface area contributed by atoms with Crippen molar-refractivity contribution in [2.45, 2.75) is 32.9 Å². The quantitative estimate of drug-likeness (QED) is 0.813. The molecule has 0 spiro atoms. The van der Waals surface area contributed by atoms with E-state index < -0.39 is 17.9 Å². The highest BCUT2D eigenvalue weighted by molar-refractivity contribution is 5.94. The van der Waals surface area contributed by atoms with E-state index in [-0.39, 0.29) is 5.69 Å². The average molecular weight is 316 g/mol. The first kappa shape index (κ1) is 16.7. The molecule has 1 heterocycles. The molecule has 0 saturated heterocycles. The molecule has 0 saturated carbocycles. The van der Waals surface area contributed by atoms with Crippen LogP contribution in [-0.4, -0.2) is 32.0 Å². The second kappa shape index (κ2) is 7.53. The molecular weight excluding hydrogens is 296 g/mol. The Hall–Kier alpha value is -2.70. The van der Waals surface area contributed by atoms with E-state index in [2.05, 4.69) is 29.5 Å². The van der Waals surface area contributed by atoms with Crippen molar-refractivity contribution < 1.29 is 14.7 Å². The highest BCUT2D eigenvalue weighted by Crippen LogP contribution is 2.13. The number of hydrogen-bond acceptors (Lipinski definition) is 4. The van der Waals surface area contributed by atoms with Gasteiger partial charge in [0, 0.05) is 6.54 Å².